The van der Waals surface area contributed by atoms with Crippen molar-refractivity contribution in [2.75, 3.05) is 26.2 Å². The molecule has 2 N–H and O–H groups in total. The molecule has 0 aromatic heterocycles. The molecule has 0 radical (unpaired) electrons. The molecule has 1 aromatic carbocycles. The summed E-state index contributed by atoms with van der Waals surface area (Å²) in [6.45, 7) is 12.7. The molecule has 0 unspecified atom stereocenters. The summed E-state index contributed by atoms with van der Waals surface area (Å²) in [5.41, 5.74) is 8.73. The summed E-state index contributed by atoms with van der Waals surface area (Å²) in [6, 6.07) is 8.77. The molecule has 0 aliphatic carbocycles. The van der Waals surface area contributed by atoms with E-state index >= 15 is 0 Å². The molecule has 0 amide bonds. The van der Waals surface area contributed by atoms with E-state index in [-0.39, 0.29) is 0 Å². The lowest BCUT2D eigenvalue weighted by molar-refractivity contribution is 0.277. The van der Waals surface area contributed by atoms with Crippen molar-refractivity contribution in [2.45, 2.75) is 46.7 Å². The lowest BCUT2D eigenvalue weighted by atomic mass is 10.00. The zero-order valence-electron chi connectivity index (χ0n) is 15.0. The number of likely N-dealkylation sites (tertiary alicyclic amines) is 1. The zero-order valence-corrected chi connectivity index (χ0v) is 15.0. The topological polar surface area (TPSA) is 44.9 Å². The highest BCUT2D eigenvalue weighted by Gasteiger charge is 2.16. The molecule has 1 aliphatic heterocycles. The predicted molar refractivity (Wildman–Crippen MR) is 98.4 cm³/mol. The van der Waals surface area contributed by atoms with Gasteiger partial charge in [0.05, 0.1) is 6.54 Å². The zero-order chi connectivity index (χ0) is 16.7. The Kier molecular flexibility index (Phi) is 6.90. The van der Waals surface area contributed by atoms with Crippen LogP contribution >= 0.6 is 0 Å². The fourth-order valence-corrected chi connectivity index (χ4v) is 2.97. The number of hydrogen-bond donors (Lipinski definition) is 1. The van der Waals surface area contributed by atoms with Crippen LogP contribution in [-0.4, -0.2) is 41.9 Å². The van der Waals surface area contributed by atoms with Crippen LogP contribution in [0.15, 0.2) is 29.3 Å². The highest BCUT2D eigenvalue weighted by Crippen LogP contribution is 2.16. The molecule has 23 heavy (non-hydrogen) atoms. The first kappa shape index (κ1) is 17.8. The Morgan fingerprint density at radius 2 is 1.70 bits per heavy atom. The second kappa shape index (κ2) is 8.92. The van der Waals surface area contributed by atoms with Crippen LogP contribution in [0.1, 0.15) is 44.7 Å². The van der Waals surface area contributed by atoms with Crippen molar-refractivity contribution < 1.29 is 0 Å². The number of nitrogens with zero attached hydrogens (tertiary/aromatic N) is 3. The van der Waals surface area contributed by atoms with Gasteiger partial charge in [-0.1, -0.05) is 45.0 Å². The van der Waals surface area contributed by atoms with Gasteiger partial charge in [-0.05, 0) is 43.0 Å². The fraction of sp³-hybridized carbons (Fsp3) is 0.632. The summed E-state index contributed by atoms with van der Waals surface area (Å²) in [5, 5.41) is 0. The summed E-state index contributed by atoms with van der Waals surface area (Å²) in [6.07, 6.45) is 2.44. The highest BCUT2D eigenvalue weighted by atomic mass is 15.3. The Labute approximate surface area is 141 Å². The Morgan fingerprint density at radius 3 is 2.26 bits per heavy atom. The van der Waals surface area contributed by atoms with Gasteiger partial charge >= 0.3 is 0 Å². The largest absolute Gasteiger partial charge is 0.370 e. The van der Waals surface area contributed by atoms with Gasteiger partial charge in [0, 0.05) is 19.6 Å². The molecule has 4 nitrogen and oxygen atoms in total. The van der Waals surface area contributed by atoms with Crippen molar-refractivity contribution >= 4 is 5.96 Å². The van der Waals surface area contributed by atoms with E-state index in [2.05, 4.69) is 59.8 Å². The standard InChI is InChI=1S/C19H32N4/c1-4-22(5-2)15-18-8-6-17(7-9-18)14-21-19(20)23-12-10-16(3)11-13-23/h6-9,16H,4-5,10-15H2,1-3H3,(H2,20,21). The van der Waals surface area contributed by atoms with Crippen LogP contribution in [0.5, 0.6) is 0 Å². The highest BCUT2D eigenvalue weighted by molar-refractivity contribution is 5.78. The second-order valence-electron chi connectivity index (χ2n) is 6.62. The van der Waals surface area contributed by atoms with E-state index in [1.54, 1.807) is 0 Å². The predicted octanol–water partition coefficient (Wildman–Crippen LogP) is 3.08. The summed E-state index contributed by atoms with van der Waals surface area (Å²) in [7, 11) is 0. The van der Waals surface area contributed by atoms with Gasteiger partial charge in [0.15, 0.2) is 5.96 Å². The Balaban J connectivity index is 1.86. The average Bonchev–Trinajstić information content (AvgIpc) is 2.59. The third-order valence-electron chi connectivity index (χ3n) is 4.85. The molecule has 4 heteroatoms. The maximum absolute atomic E-state index is 6.14. The van der Waals surface area contributed by atoms with Crippen LogP contribution in [0.25, 0.3) is 0 Å². The van der Waals surface area contributed by atoms with E-state index in [1.165, 1.54) is 24.0 Å². The minimum atomic E-state index is 0.670. The minimum Gasteiger partial charge on any atom is -0.370 e. The SMILES string of the molecule is CCN(CC)Cc1ccc(CN=C(N)N2CCC(C)CC2)cc1. The number of guanidine groups is 1. The molecule has 128 valence electrons. The van der Waals surface area contributed by atoms with Crippen molar-refractivity contribution in [1.82, 2.24) is 9.80 Å². The van der Waals surface area contributed by atoms with Crippen LogP contribution in [0.4, 0.5) is 0 Å². The maximum atomic E-state index is 6.14. The van der Waals surface area contributed by atoms with Crippen LogP contribution in [0.2, 0.25) is 0 Å². The molecule has 1 fully saturated rings. The summed E-state index contributed by atoms with van der Waals surface area (Å²) in [4.78, 5) is 9.21. The van der Waals surface area contributed by atoms with Crippen molar-refractivity contribution in [3.8, 4) is 0 Å². The molecule has 0 saturated carbocycles. The summed E-state index contributed by atoms with van der Waals surface area (Å²) >= 11 is 0. The average molecular weight is 316 g/mol. The van der Waals surface area contributed by atoms with E-state index in [0.717, 1.165) is 38.6 Å². The number of benzene rings is 1. The van der Waals surface area contributed by atoms with E-state index in [9.17, 15) is 0 Å². The lowest BCUT2D eigenvalue weighted by Gasteiger charge is -2.31. The van der Waals surface area contributed by atoms with Gasteiger partial charge in [-0.25, -0.2) is 4.99 Å². The molecular weight excluding hydrogens is 284 g/mol. The van der Waals surface area contributed by atoms with Gasteiger partial charge in [-0.3, -0.25) is 4.90 Å². The first-order valence-corrected chi connectivity index (χ1v) is 8.97. The van der Waals surface area contributed by atoms with Gasteiger partial charge < -0.3 is 10.6 Å². The second-order valence-corrected chi connectivity index (χ2v) is 6.62. The van der Waals surface area contributed by atoms with E-state index in [0.29, 0.717) is 12.5 Å². The van der Waals surface area contributed by atoms with Crippen molar-refractivity contribution in [2.24, 2.45) is 16.6 Å². The molecule has 1 heterocycles. The van der Waals surface area contributed by atoms with Gasteiger partial charge in [0.25, 0.3) is 0 Å². The van der Waals surface area contributed by atoms with Crippen LogP contribution in [-0.2, 0) is 13.1 Å². The first-order valence-electron chi connectivity index (χ1n) is 8.97. The normalized spacial score (nSPS) is 17.0. The summed E-state index contributed by atoms with van der Waals surface area (Å²) < 4.78 is 0. The molecule has 1 aromatic rings. The first-order chi connectivity index (χ1) is 11.1. The molecule has 0 bridgehead atoms. The van der Waals surface area contributed by atoms with E-state index < -0.39 is 0 Å². The lowest BCUT2D eigenvalue weighted by Crippen LogP contribution is -2.42. The van der Waals surface area contributed by atoms with Crippen molar-refractivity contribution in [3.63, 3.8) is 0 Å². The summed E-state index contributed by atoms with van der Waals surface area (Å²) in [5.74, 6) is 1.52. The quantitative estimate of drug-likeness (QED) is 0.648. The van der Waals surface area contributed by atoms with Crippen LogP contribution < -0.4 is 5.73 Å². The van der Waals surface area contributed by atoms with E-state index in [1.807, 2.05) is 0 Å². The number of aliphatic imine (C=N–C) groups is 1. The van der Waals surface area contributed by atoms with Gasteiger partial charge in [0.1, 0.15) is 0 Å². The van der Waals surface area contributed by atoms with E-state index in [4.69, 9.17) is 5.73 Å². The van der Waals surface area contributed by atoms with Gasteiger partial charge in [-0.15, -0.1) is 0 Å². The fourth-order valence-electron chi connectivity index (χ4n) is 2.97. The number of piperidine rings is 1. The Bertz CT molecular complexity index is 483. The number of nitrogens with two attached hydrogens (primary N) is 1. The van der Waals surface area contributed by atoms with Crippen molar-refractivity contribution in [3.05, 3.63) is 35.4 Å². The van der Waals surface area contributed by atoms with Gasteiger partial charge in [-0.2, -0.15) is 0 Å². The molecule has 0 spiro atoms. The molecule has 0 atom stereocenters. The number of hydrogen-bond acceptors (Lipinski definition) is 2. The third-order valence-corrected chi connectivity index (χ3v) is 4.85. The monoisotopic (exact) mass is 316 g/mol. The maximum Gasteiger partial charge on any atom is 0.191 e. The third kappa shape index (κ3) is 5.54. The van der Waals surface area contributed by atoms with Crippen LogP contribution in [0.3, 0.4) is 0 Å². The Hall–Kier alpha value is -1.55. The molecule has 1 saturated heterocycles. The van der Waals surface area contributed by atoms with Gasteiger partial charge in [0.2, 0.25) is 0 Å². The minimum absolute atomic E-state index is 0.670. The number of rotatable bonds is 6. The molecule has 2 rings (SSSR count). The molecule has 1 aliphatic rings. The Morgan fingerprint density at radius 1 is 1.13 bits per heavy atom. The van der Waals surface area contributed by atoms with Crippen LogP contribution in [0, 0.1) is 5.92 Å². The smallest absolute Gasteiger partial charge is 0.191 e. The molecular formula is C19H32N4. The van der Waals surface area contributed by atoms with Crippen molar-refractivity contribution in [1.29, 1.82) is 0 Å².